The normalized spacial score (nSPS) is 10.3. The predicted molar refractivity (Wildman–Crippen MR) is 57.3 cm³/mol. The number of hydrogen-bond donors (Lipinski definition) is 0. The van der Waals surface area contributed by atoms with Gasteiger partial charge in [-0.3, -0.25) is 0 Å². The predicted octanol–water partition coefficient (Wildman–Crippen LogP) is 1.77. The van der Waals surface area contributed by atoms with E-state index in [-0.39, 0.29) is 12.2 Å². The first-order valence-electron chi connectivity index (χ1n) is 4.83. The van der Waals surface area contributed by atoms with Gasteiger partial charge in [0, 0.05) is 11.5 Å². The van der Waals surface area contributed by atoms with Gasteiger partial charge in [0.25, 0.3) is 0 Å². The third-order valence-electron chi connectivity index (χ3n) is 2.08. The second-order valence-corrected chi connectivity index (χ2v) is 3.12. The minimum absolute atomic E-state index is 0.224. The summed E-state index contributed by atoms with van der Waals surface area (Å²) in [6.07, 6.45) is 0. The molecule has 0 aliphatic heterocycles. The van der Waals surface area contributed by atoms with E-state index in [1.54, 1.807) is 19.1 Å². The van der Waals surface area contributed by atoms with Crippen LogP contribution in [0.1, 0.15) is 17.3 Å². The Morgan fingerprint density at radius 2 is 2.38 bits per heavy atom. The van der Waals surface area contributed by atoms with E-state index in [2.05, 4.69) is 6.07 Å². The molecule has 0 spiro atoms. The number of esters is 1. The fourth-order valence-corrected chi connectivity index (χ4v) is 1.43. The van der Waals surface area contributed by atoms with Gasteiger partial charge in [-0.25, -0.2) is 9.59 Å². The van der Waals surface area contributed by atoms with E-state index in [1.807, 2.05) is 0 Å². The highest BCUT2D eigenvalue weighted by molar-refractivity contribution is 6.02. The van der Waals surface area contributed by atoms with E-state index >= 15 is 0 Å². The second-order valence-electron chi connectivity index (χ2n) is 3.12. The number of hydrogen-bond acceptors (Lipinski definition) is 4. The quantitative estimate of drug-likeness (QED) is 0.568. The molecule has 16 heavy (non-hydrogen) atoms. The third kappa shape index (κ3) is 1.82. The van der Waals surface area contributed by atoms with E-state index in [0.29, 0.717) is 11.0 Å². The molecule has 1 aromatic heterocycles. The Hall–Kier alpha value is -2.10. The van der Waals surface area contributed by atoms with Crippen molar-refractivity contribution < 1.29 is 13.9 Å². The zero-order valence-corrected chi connectivity index (χ0v) is 8.65. The number of fused-ring (bicyclic) bond motifs is 1. The van der Waals surface area contributed by atoms with Crippen LogP contribution in [0.15, 0.2) is 33.5 Å². The van der Waals surface area contributed by atoms with Gasteiger partial charge in [0.2, 0.25) is 0 Å². The monoisotopic (exact) mass is 217 g/mol. The summed E-state index contributed by atoms with van der Waals surface area (Å²) in [5, 5.41) is 0.553. The first kappa shape index (κ1) is 10.4. The minimum atomic E-state index is -0.574. The van der Waals surface area contributed by atoms with Gasteiger partial charge in [0.05, 0.1) is 12.2 Å². The van der Waals surface area contributed by atoms with E-state index in [0.717, 1.165) is 6.07 Å². The van der Waals surface area contributed by atoms with Crippen LogP contribution in [0.4, 0.5) is 0 Å². The van der Waals surface area contributed by atoms with Crippen molar-refractivity contribution in [1.29, 1.82) is 0 Å². The molecule has 0 saturated heterocycles. The van der Waals surface area contributed by atoms with Crippen LogP contribution in [-0.4, -0.2) is 12.6 Å². The Bertz CT molecular complexity index is 583. The van der Waals surface area contributed by atoms with Crippen molar-refractivity contribution in [2.45, 2.75) is 6.92 Å². The Morgan fingerprint density at radius 1 is 1.56 bits per heavy atom. The van der Waals surface area contributed by atoms with Crippen LogP contribution in [-0.2, 0) is 4.74 Å². The molecule has 2 aromatic rings. The summed E-state index contributed by atoms with van der Waals surface area (Å²) in [6.45, 7) is 1.97. The average molecular weight is 217 g/mol. The molecule has 1 heterocycles. The van der Waals surface area contributed by atoms with Crippen molar-refractivity contribution in [3.05, 3.63) is 46.3 Å². The van der Waals surface area contributed by atoms with Crippen molar-refractivity contribution in [1.82, 2.24) is 0 Å². The maximum absolute atomic E-state index is 11.6. The summed E-state index contributed by atoms with van der Waals surface area (Å²) in [7, 11) is 0. The van der Waals surface area contributed by atoms with E-state index < -0.39 is 11.6 Å². The zero-order chi connectivity index (χ0) is 11.5. The minimum Gasteiger partial charge on any atom is -0.462 e. The Balaban J connectivity index is 2.68. The number of benzene rings is 1. The van der Waals surface area contributed by atoms with Gasteiger partial charge in [-0.1, -0.05) is 6.07 Å². The van der Waals surface area contributed by atoms with E-state index in [1.165, 1.54) is 6.07 Å². The molecular formula is C12H9O4. The van der Waals surface area contributed by atoms with Crippen LogP contribution in [0.5, 0.6) is 0 Å². The average Bonchev–Trinajstić information content (AvgIpc) is 2.28. The van der Waals surface area contributed by atoms with Crippen molar-refractivity contribution in [2.24, 2.45) is 0 Å². The highest BCUT2D eigenvalue weighted by Crippen LogP contribution is 2.16. The smallest absolute Gasteiger partial charge is 0.339 e. The molecule has 0 fully saturated rings. The van der Waals surface area contributed by atoms with E-state index in [4.69, 9.17) is 9.15 Å². The summed E-state index contributed by atoms with van der Waals surface area (Å²) in [6, 6.07) is 8.73. The number of carbonyl (C=O) groups excluding carboxylic acids is 1. The highest BCUT2D eigenvalue weighted by Gasteiger charge is 2.13. The molecule has 0 N–H and O–H groups in total. The molecule has 0 aliphatic carbocycles. The molecule has 1 radical (unpaired) electrons. The molecular weight excluding hydrogens is 208 g/mol. The molecule has 81 valence electrons. The van der Waals surface area contributed by atoms with Gasteiger partial charge < -0.3 is 9.15 Å². The van der Waals surface area contributed by atoms with Crippen LogP contribution in [0.25, 0.3) is 11.0 Å². The third-order valence-corrected chi connectivity index (χ3v) is 2.08. The van der Waals surface area contributed by atoms with Crippen LogP contribution < -0.4 is 5.63 Å². The lowest BCUT2D eigenvalue weighted by Crippen LogP contribution is -2.09. The standard InChI is InChI=1S/C12H9O4/c1-2-15-12(14)9-7-11(13)16-10-6-4-3-5-8(9)10/h3,5-7H,2H2,1H3. The highest BCUT2D eigenvalue weighted by atomic mass is 16.5. The van der Waals surface area contributed by atoms with Gasteiger partial charge >= 0.3 is 11.6 Å². The lowest BCUT2D eigenvalue weighted by molar-refractivity contribution is 0.0528. The first-order valence-corrected chi connectivity index (χ1v) is 4.83. The largest absolute Gasteiger partial charge is 0.462 e. The van der Waals surface area contributed by atoms with Gasteiger partial charge in [-0.15, -0.1) is 0 Å². The van der Waals surface area contributed by atoms with Gasteiger partial charge in [-0.05, 0) is 25.1 Å². The lowest BCUT2D eigenvalue weighted by atomic mass is 10.1. The van der Waals surface area contributed by atoms with Crippen molar-refractivity contribution in [3.63, 3.8) is 0 Å². The summed E-state index contributed by atoms with van der Waals surface area (Å²) in [4.78, 5) is 22.8. The fourth-order valence-electron chi connectivity index (χ4n) is 1.43. The van der Waals surface area contributed by atoms with Crippen LogP contribution in [0.2, 0.25) is 0 Å². The zero-order valence-electron chi connectivity index (χ0n) is 8.65. The van der Waals surface area contributed by atoms with Gasteiger partial charge in [-0.2, -0.15) is 0 Å². The molecule has 0 atom stereocenters. The maximum atomic E-state index is 11.6. The van der Waals surface area contributed by atoms with Crippen molar-refractivity contribution in [2.75, 3.05) is 6.61 Å². The fraction of sp³-hybridized carbons (Fsp3) is 0.167. The molecule has 4 heteroatoms. The summed E-state index contributed by atoms with van der Waals surface area (Å²) < 4.78 is 9.80. The molecule has 4 nitrogen and oxygen atoms in total. The molecule has 0 aliphatic rings. The van der Waals surface area contributed by atoms with Crippen LogP contribution >= 0.6 is 0 Å². The number of rotatable bonds is 2. The topological polar surface area (TPSA) is 56.5 Å². The summed E-state index contributed by atoms with van der Waals surface area (Å²) in [5.74, 6) is -0.522. The van der Waals surface area contributed by atoms with Crippen LogP contribution in [0, 0.1) is 6.07 Å². The van der Waals surface area contributed by atoms with Gasteiger partial charge in [0.1, 0.15) is 5.58 Å². The van der Waals surface area contributed by atoms with Crippen molar-refractivity contribution in [3.8, 4) is 0 Å². The lowest BCUT2D eigenvalue weighted by Gasteiger charge is -2.03. The number of carbonyl (C=O) groups is 1. The summed E-state index contributed by atoms with van der Waals surface area (Å²) in [5.41, 5.74) is -0.0182. The summed E-state index contributed by atoms with van der Waals surface area (Å²) >= 11 is 0. The molecule has 0 bridgehead atoms. The molecule has 2 rings (SSSR count). The van der Waals surface area contributed by atoms with Gasteiger partial charge in [0.15, 0.2) is 0 Å². The molecule has 0 unspecified atom stereocenters. The molecule has 0 amide bonds. The van der Waals surface area contributed by atoms with Crippen molar-refractivity contribution >= 4 is 16.9 Å². The second kappa shape index (κ2) is 4.18. The maximum Gasteiger partial charge on any atom is 0.339 e. The van der Waals surface area contributed by atoms with Crippen LogP contribution in [0.3, 0.4) is 0 Å². The Kier molecular flexibility index (Phi) is 2.72. The first-order chi connectivity index (χ1) is 7.72. The molecule has 1 aromatic carbocycles. The Labute approximate surface area is 91.4 Å². The number of ether oxygens (including phenoxy) is 1. The Morgan fingerprint density at radius 3 is 3.12 bits per heavy atom. The van der Waals surface area contributed by atoms with E-state index in [9.17, 15) is 9.59 Å². The molecule has 0 saturated carbocycles. The SMILES string of the molecule is CCOC(=O)c1cc(=O)oc2c[c]ccc12.